The second-order valence-corrected chi connectivity index (χ2v) is 11.1. The van der Waals surface area contributed by atoms with Crippen LogP contribution in [0.1, 0.15) is 58.6 Å². The lowest BCUT2D eigenvalue weighted by molar-refractivity contribution is -0.134. The van der Waals surface area contributed by atoms with E-state index in [2.05, 4.69) is 42.4 Å². The Labute approximate surface area is 225 Å². The normalized spacial score (nSPS) is 18.2. The Hall–Kier alpha value is -2.00. The minimum atomic E-state index is -0.202. The number of carbonyl (C=O) groups excluding carboxylic acids is 2. The molecule has 0 aliphatic carbocycles. The van der Waals surface area contributed by atoms with Crippen LogP contribution in [0.4, 0.5) is 0 Å². The van der Waals surface area contributed by atoms with Crippen LogP contribution >= 0.6 is 0 Å². The van der Waals surface area contributed by atoms with Gasteiger partial charge >= 0.3 is 0 Å². The number of hydrogen-bond acceptors (Lipinski definition) is 6. The molecule has 2 amide bonds. The number of piperazine rings is 2. The maximum Gasteiger partial charge on any atom is 0.224 e. The Morgan fingerprint density at radius 1 is 0.784 bits per heavy atom. The smallest absolute Gasteiger partial charge is 0.224 e. The fraction of sp³-hybridized carbons (Fsp3) is 0.724. The van der Waals surface area contributed by atoms with Gasteiger partial charge < -0.3 is 20.4 Å². The van der Waals surface area contributed by atoms with Gasteiger partial charge in [0.15, 0.2) is 0 Å². The minimum Gasteiger partial charge on any atom is -0.340 e. The van der Waals surface area contributed by atoms with Gasteiger partial charge in [0.05, 0.1) is 0 Å². The van der Waals surface area contributed by atoms with Gasteiger partial charge in [0.2, 0.25) is 11.8 Å². The number of carbonyl (C=O) groups is 2. The van der Waals surface area contributed by atoms with E-state index in [0.29, 0.717) is 30.8 Å². The van der Waals surface area contributed by atoms with Gasteiger partial charge in [-0.2, -0.15) is 0 Å². The summed E-state index contributed by atoms with van der Waals surface area (Å²) in [6, 6.07) is 10.8. The molecule has 2 heterocycles. The lowest BCUT2D eigenvalue weighted by Crippen LogP contribution is -2.51. The van der Waals surface area contributed by atoms with E-state index in [-0.39, 0.29) is 11.9 Å². The molecule has 0 radical (unpaired) electrons. The SMILES string of the molecule is CC(C)N1CCN(C(=O)CC(N)c2ccccc2)CC1.CC(C)N1CCN(C(=O)CCCN(C)C)CC1. The lowest BCUT2D eigenvalue weighted by Gasteiger charge is -2.37. The molecule has 1 unspecified atom stereocenters. The third kappa shape index (κ3) is 11.1. The zero-order valence-electron chi connectivity index (χ0n) is 24.2. The average Bonchev–Trinajstić information content (AvgIpc) is 2.89. The monoisotopic (exact) mass is 516 g/mol. The molecule has 37 heavy (non-hydrogen) atoms. The Balaban J connectivity index is 0.000000264. The largest absolute Gasteiger partial charge is 0.340 e. The number of benzene rings is 1. The number of hydrogen-bond donors (Lipinski definition) is 1. The molecule has 8 nitrogen and oxygen atoms in total. The van der Waals surface area contributed by atoms with Gasteiger partial charge in [0, 0.05) is 83.3 Å². The van der Waals surface area contributed by atoms with E-state index >= 15 is 0 Å². The zero-order valence-corrected chi connectivity index (χ0v) is 24.2. The highest BCUT2D eigenvalue weighted by Gasteiger charge is 2.24. The summed E-state index contributed by atoms with van der Waals surface area (Å²) in [6.07, 6.45) is 2.06. The maximum atomic E-state index is 12.3. The molecule has 0 bridgehead atoms. The first-order chi connectivity index (χ1) is 17.6. The zero-order chi connectivity index (χ0) is 27.4. The van der Waals surface area contributed by atoms with Crippen LogP contribution in [0.5, 0.6) is 0 Å². The number of amides is 2. The first-order valence-corrected chi connectivity index (χ1v) is 14.1. The molecule has 2 fully saturated rings. The molecule has 0 spiro atoms. The molecular weight excluding hydrogens is 464 g/mol. The fourth-order valence-electron chi connectivity index (χ4n) is 4.82. The van der Waals surface area contributed by atoms with E-state index in [4.69, 9.17) is 5.73 Å². The van der Waals surface area contributed by atoms with Crippen molar-refractivity contribution in [2.45, 2.75) is 65.1 Å². The van der Waals surface area contributed by atoms with Gasteiger partial charge in [0.25, 0.3) is 0 Å². The first kappa shape index (κ1) is 31.2. The summed E-state index contributed by atoms with van der Waals surface area (Å²) < 4.78 is 0. The van der Waals surface area contributed by atoms with Crippen molar-refractivity contribution in [3.05, 3.63) is 35.9 Å². The van der Waals surface area contributed by atoms with Crippen LogP contribution in [-0.4, -0.2) is 121 Å². The van der Waals surface area contributed by atoms with E-state index < -0.39 is 0 Å². The highest BCUT2D eigenvalue weighted by Crippen LogP contribution is 2.16. The predicted molar refractivity (Wildman–Crippen MR) is 152 cm³/mol. The lowest BCUT2D eigenvalue weighted by atomic mass is 10.0. The van der Waals surface area contributed by atoms with Crippen molar-refractivity contribution in [2.24, 2.45) is 5.73 Å². The van der Waals surface area contributed by atoms with Gasteiger partial charge in [-0.05, 0) is 60.3 Å². The molecule has 8 heteroatoms. The molecule has 2 aliphatic heterocycles. The van der Waals surface area contributed by atoms with E-state index in [9.17, 15) is 9.59 Å². The molecule has 3 rings (SSSR count). The Morgan fingerprint density at radius 2 is 1.24 bits per heavy atom. The molecule has 210 valence electrons. The van der Waals surface area contributed by atoms with Gasteiger partial charge in [0.1, 0.15) is 0 Å². The van der Waals surface area contributed by atoms with E-state index in [1.165, 1.54) is 0 Å². The summed E-state index contributed by atoms with van der Waals surface area (Å²) >= 11 is 0. The summed E-state index contributed by atoms with van der Waals surface area (Å²) in [5, 5.41) is 0. The first-order valence-electron chi connectivity index (χ1n) is 14.1. The summed E-state index contributed by atoms with van der Waals surface area (Å²) in [5.74, 6) is 0.500. The summed E-state index contributed by atoms with van der Waals surface area (Å²) in [4.78, 5) is 35.2. The van der Waals surface area contributed by atoms with Gasteiger partial charge in [-0.1, -0.05) is 30.3 Å². The standard InChI is InChI=1S/C16H25N3O.C13H27N3O/c1-13(2)18-8-10-19(11-9-18)16(20)12-15(17)14-6-4-3-5-7-14;1-12(2)15-8-10-16(11-9-15)13(17)6-5-7-14(3)4/h3-7,13,15H,8-12,17H2,1-2H3;12H,5-11H2,1-4H3. The van der Waals surface area contributed by atoms with Crippen molar-refractivity contribution in [1.29, 1.82) is 0 Å². The van der Waals surface area contributed by atoms with Crippen LogP contribution in [0.3, 0.4) is 0 Å². The van der Waals surface area contributed by atoms with E-state index in [0.717, 1.165) is 70.9 Å². The second kappa shape index (κ2) is 16.1. The van der Waals surface area contributed by atoms with Crippen molar-refractivity contribution in [1.82, 2.24) is 24.5 Å². The third-order valence-electron chi connectivity index (χ3n) is 7.41. The van der Waals surface area contributed by atoms with Crippen molar-refractivity contribution in [2.75, 3.05) is 73.0 Å². The molecule has 1 atom stereocenters. The van der Waals surface area contributed by atoms with Crippen LogP contribution in [0.25, 0.3) is 0 Å². The molecule has 2 saturated heterocycles. The molecule has 2 aliphatic rings. The van der Waals surface area contributed by atoms with Gasteiger partial charge in [-0.3, -0.25) is 19.4 Å². The Bertz CT molecular complexity index is 785. The molecule has 0 saturated carbocycles. The Morgan fingerprint density at radius 3 is 1.68 bits per heavy atom. The second-order valence-electron chi connectivity index (χ2n) is 11.1. The molecule has 2 N–H and O–H groups in total. The molecule has 1 aromatic rings. The summed E-state index contributed by atoms with van der Waals surface area (Å²) in [5.41, 5.74) is 7.15. The topological polar surface area (TPSA) is 76.4 Å². The predicted octanol–water partition coefficient (Wildman–Crippen LogP) is 2.51. The number of nitrogens with zero attached hydrogens (tertiary/aromatic N) is 5. The van der Waals surface area contributed by atoms with Crippen LogP contribution in [0.2, 0.25) is 0 Å². The molecular formula is C29H52N6O2. The van der Waals surface area contributed by atoms with E-state index in [1.54, 1.807) is 0 Å². The van der Waals surface area contributed by atoms with Crippen molar-refractivity contribution in [3.8, 4) is 0 Å². The summed E-state index contributed by atoms with van der Waals surface area (Å²) in [6.45, 7) is 17.2. The number of rotatable bonds is 9. The van der Waals surface area contributed by atoms with E-state index in [1.807, 2.05) is 54.2 Å². The highest BCUT2D eigenvalue weighted by molar-refractivity contribution is 5.77. The van der Waals surface area contributed by atoms with Crippen LogP contribution in [0.15, 0.2) is 30.3 Å². The van der Waals surface area contributed by atoms with Crippen molar-refractivity contribution in [3.63, 3.8) is 0 Å². The molecule has 0 aromatic heterocycles. The maximum absolute atomic E-state index is 12.3. The minimum absolute atomic E-state index is 0.171. The van der Waals surface area contributed by atoms with Crippen LogP contribution in [-0.2, 0) is 9.59 Å². The van der Waals surface area contributed by atoms with Crippen LogP contribution < -0.4 is 5.73 Å². The average molecular weight is 517 g/mol. The number of nitrogens with two attached hydrogens (primary N) is 1. The van der Waals surface area contributed by atoms with Crippen molar-refractivity contribution < 1.29 is 9.59 Å². The van der Waals surface area contributed by atoms with Gasteiger partial charge in [-0.15, -0.1) is 0 Å². The highest BCUT2D eigenvalue weighted by atomic mass is 16.2. The van der Waals surface area contributed by atoms with Gasteiger partial charge in [-0.25, -0.2) is 0 Å². The quantitative estimate of drug-likeness (QED) is 0.544. The third-order valence-corrected chi connectivity index (χ3v) is 7.41. The summed E-state index contributed by atoms with van der Waals surface area (Å²) in [7, 11) is 4.10. The van der Waals surface area contributed by atoms with Crippen molar-refractivity contribution >= 4 is 11.8 Å². The Kier molecular flexibility index (Phi) is 13.6. The van der Waals surface area contributed by atoms with Crippen LogP contribution in [0, 0.1) is 0 Å². The molecule has 1 aromatic carbocycles. The fourth-order valence-corrected chi connectivity index (χ4v) is 4.82.